The molecular weight excluding hydrogens is 618 g/mol. The molecule has 1 amide bonds. The van der Waals surface area contributed by atoms with Gasteiger partial charge in [-0.25, -0.2) is 23.1 Å². The average Bonchev–Trinajstić information content (AvgIpc) is 3.19. The Balaban J connectivity index is 1.55. The van der Waals surface area contributed by atoms with Crippen LogP contribution in [-0.2, 0) is 9.59 Å². The number of nitrogens with zero attached hydrogens (tertiary/aromatic N) is 3. The predicted molar refractivity (Wildman–Crippen MR) is 143 cm³/mol. The number of carbonyl (C=O) groups excluding carboxylic acids is 2. The van der Waals surface area contributed by atoms with E-state index in [4.69, 9.17) is 4.74 Å². The number of amides is 1. The molecule has 1 aromatic heterocycles. The number of rotatable bonds is 7. The quantitative estimate of drug-likeness (QED) is 0.194. The molecule has 3 aromatic rings. The number of ether oxygens (including phenoxy) is 1. The number of benzene rings is 2. The first-order chi connectivity index (χ1) is 21.3. The summed E-state index contributed by atoms with van der Waals surface area (Å²) in [4.78, 5) is 36.8. The Labute approximate surface area is 249 Å². The number of anilines is 1. The van der Waals surface area contributed by atoms with Gasteiger partial charge in [0.2, 0.25) is 29.1 Å². The lowest BCUT2D eigenvalue weighted by atomic mass is 9.80. The zero-order valence-corrected chi connectivity index (χ0v) is 23.1. The Bertz CT molecular complexity index is 1650. The molecule has 2 aliphatic rings. The minimum atomic E-state index is -5.25. The molecule has 2 atom stereocenters. The fourth-order valence-electron chi connectivity index (χ4n) is 5.37. The van der Waals surface area contributed by atoms with E-state index in [1.807, 2.05) is 0 Å². The maximum absolute atomic E-state index is 15.7. The van der Waals surface area contributed by atoms with Crippen molar-refractivity contribution in [2.75, 3.05) is 25.0 Å². The topological polar surface area (TPSA) is 106 Å². The molecule has 3 heterocycles. The van der Waals surface area contributed by atoms with Crippen molar-refractivity contribution < 1.29 is 49.4 Å². The van der Waals surface area contributed by atoms with E-state index in [-0.39, 0.29) is 47.1 Å². The molecule has 0 aliphatic carbocycles. The van der Waals surface area contributed by atoms with Crippen molar-refractivity contribution >= 4 is 23.2 Å². The van der Waals surface area contributed by atoms with Gasteiger partial charge in [0.05, 0.1) is 23.4 Å². The second kappa shape index (κ2) is 12.9. The van der Waals surface area contributed by atoms with Crippen molar-refractivity contribution in [1.29, 1.82) is 0 Å². The lowest BCUT2D eigenvalue weighted by Gasteiger charge is -2.30. The average molecular weight is 642 g/mol. The highest BCUT2D eigenvalue weighted by Gasteiger charge is 2.40. The van der Waals surface area contributed by atoms with Crippen LogP contribution in [0.15, 0.2) is 35.6 Å². The van der Waals surface area contributed by atoms with Crippen LogP contribution < -0.4 is 15.4 Å². The van der Waals surface area contributed by atoms with Gasteiger partial charge in [0.15, 0.2) is 11.6 Å². The van der Waals surface area contributed by atoms with E-state index >= 15 is 4.39 Å². The van der Waals surface area contributed by atoms with Crippen LogP contribution in [0, 0.1) is 35.0 Å². The molecule has 2 aliphatic heterocycles. The van der Waals surface area contributed by atoms with Crippen LogP contribution in [0.5, 0.6) is 11.5 Å². The smallest absolute Gasteiger partial charge is 0.450 e. The predicted octanol–water partition coefficient (Wildman–Crippen LogP) is 5.75. The number of aliphatic imine (C=N–C) groups is 1. The van der Waals surface area contributed by atoms with E-state index < -0.39 is 64.9 Å². The van der Waals surface area contributed by atoms with Gasteiger partial charge in [-0.1, -0.05) is 0 Å². The number of aromatic nitrogens is 2. The molecule has 0 bridgehead atoms. The maximum atomic E-state index is 15.7. The SMILES string of the molecule is O=C(CC(=O)C(F)(F)F)Nc1ncnc2c1C(c1ccc(Oc3c(F)c(F)cc(F)c3F)cc1F)=NCCC2C1CCCNC1. The fraction of sp³-hybridized carbons (Fsp3) is 0.345. The molecule has 1 saturated heterocycles. The minimum Gasteiger partial charge on any atom is -0.451 e. The second-order valence-electron chi connectivity index (χ2n) is 10.4. The Morgan fingerprint density at radius 3 is 2.36 bits per heavy atom. The third-order valence-electron chi connectivity index (χ3n) is 7.46. The summed E-state index contributed by atoms with van der Waals surface area (Å²) in [5, 5.41) is 5.49. The number of halogens is 8. The molecule has 238 valence electrons. The lowest BCUT2D eigenvalue weighted by molar-refractivity contribution is -0.171. The Hall–Kier alpha value is -4.47. The summed E-state index contributed by atoms with van der Waals surface area (Å²) < 4.78 is 115. The maximum Gasteiger partial charge on any atom is 0.450 e. The van der Waals surface area contributed by atoms with Gasteiger partial charge in [0.25, 0.3) is 0 Å². The van der Waals surface area contributed by atoms with Crippen molar-refractivity contribution in [1.82, 2.24) is 15.3 Å². The summed E-state index contributed by atoms with van der Waals surface area (Å²) in [7, 11) is 0. The number of fused-ring (bicyclic) bond motifs is 1. The van der Waals surface area contributed by atoms with E-state index in [9.17, 15) is 40.3 Å². The van der Waals surface area contributed by atoms with Gasteiger partial charge in [-0.3, -0.25) is 14.6 Å². The minimum absolute atomic E-state index is 0.00948. The van der Waals surface area contributed by atoms with E-state index in [0.717, 1.165) is 37.8 Å². The molecule has 0 radical (unpaired) electrons. The number of piperidine rings is 1. The Morgan fingerprint density at radius 1 is 0.978 bits per heavy atom. The van der Waals surface area contributed by atoms with Gasteiger partial charge in [-0.2, -0.15) is 22.0 Å². The monoisotopic (exact) mass is 641 g/mol. The van der Waals surface area contributed by atoms with Gasteiger partial charge >= 0.3 is 6.18 Å². The second-order valence-corrected chi connectivity index (χ2v) is 10.4. The fourth-order valence-corrected chi connectivity index (χ4v) is 5.37. The van der Waals surface area contributed by atoms with Gasteiger partial charge < -0.3 is 15.4 Å². The number of hydrogen-bond donors (Lipinski definition) is 2. The molecule has 1 fully saturated rings. The number of carbonyl (C=O) groups is 2. The van der Waals surface area contributed by atoms with Crippen molar-refractivity contribution in [3.63, 3.8) is 0 Å². The summed E-state index contributed by atoms with van der Waals surface area (Å²) >= 11 is 0. The standard InChI is InChI=1S/C29H23F8N5O3/c30-17-8-14(45-27-23(33)18(31)9-19(32)24(27)34)3-4-16(17)26-22-25(15(5-7-39-26)13-2-1-6-38-11-13)40-12-41-28(22)42-21(44)10-20(43)29(35,36)37/h3-4,8-9,12-13,15,38H,1-2,5-7,10-11H2,(H,40,41,42,44). The normalized spacial score (nSPS) is 18.4. The number of nitrogens with one attached hydrogen (secondary N) is 2. The van der Waals surface area contributed by atoms with E-state index in [0.29, 0.717) is 24.7 Å². The van der Waals surface area contributed by atoms with Gasteiger partial charge in [-0.05, 0) is 50.4 Å². The third kappa shape index (κ3) is 6.79. The zero-order valence-electron chi connectivity index (χ0n) is 23.1. The summed E-state index contributed by atoms with van der Waals surface area (Å²) in [6.07, 6.45) is -3.61. The van der Waals surface area contributed by atoms with Crippen LogP contribution in [0.25, 0.3) is 0 Å². The van der Waals surface area contributed by atoms with Crippen LogP contribution in [0.4, 0.5) is 40.9 Å². The van der Waals surface area contributed by atoms with Gasteiger partial charge in [0, 0.05) is 30.2 Å². The molecule has 2 aromatic carbocycles. The van der Waals surface area contributed by atoms with Gasteiger partial charge in [-0.15, -0.1) is 0 Å². The molecule has 0 saturated carbocycles. The molecule has 0 spiro atoms. The van der Waals surface area contributed by atoms with Crippen LogP contribution in [0.3, 0.4) is 0 Å². The highest BCUT2D eigenvalue weighted by Crippen LogP contribution is 2.39. The number of alkyl halides is 3. The van der Waals surface area contributed by atoms with E-state index in [1.165, 1.54) is 0 Å². The molecule has 45 heavy (non-hydrogen) atoms. The first kappa shape index (κ1) is 31.9. The lowest BCUT2D eigenvalue weighted by Crippen LogP contribution is -2.34. The van der Waals surface area contributed by atoms with Crippen LogP contribution in [-0.4, -0.2) is 53.2 Å². The zero-order chi connectivity index (χ0) is 32.5. The van der Waals surface area contributed by atoms with Crippen molar-refractivity contribution in [2.24, 2.45) is 10.9 Å². The van der Waals surface area contributed by atoms with Crippen LogP contribution in [0.1, 0.15) is 48.4 Å². The van der Waals surface area contributed by atoms with E-state index in [1.54, 1.807) is 0 Å². The van der Waals surface area contributed by atoms with Gasteiger partial charge in [0.1, 0.15) is 23.7 Å². The Kier molecular flexibility index (Phi) is 9.13. The highest BCUT2D eigenvalue weighted by molar-refractivity contribution is 6.18. The third-order valence-corrected chi connectivity index (χ3v) is 7.46. The summed E-state index contributed by atoms with van der Waals surface area (Å²) in [5.41, 5.74) is 0.00308. The largest absolute Gasteiger partial charge is 0.451 e. The molecular formula is C29H23F8N5O3. The number of ketones is 1. The summed E-state index contributed by atoms with van der Waals surface area (Å²) in [6.45, 7) is 1.55. The first-order valence-electron chi connectivity index (χ1n) is 13.7. The first-order valence-corrected chi connectivity index (χ1v) is 13.7. The summed E-state index contributed by atoms with van der Waals surface area (Å²) in [5.74, 6) is -14.4. The highest BCUT2D eigenvalue weighted by atomic mass is 19.4. The van der Waals surface area contributed by atoms with Crippen LogP contribution >= 0.6 is 0 Å². The van der Waals surface area contributed by atoms with Crippen LogP contribution in [0.2, 0.25) is 0 Å². The molecule has 8 nitrogen and oxygen atoms in total. The number of Topliss-reactive ketones (excluding diaryl/α,β-unsaturated/α-hetero) is 1. The molecule has 16 heteroatoms. The molecule has 5 rings (SSSR count). The summed E-state index contributed by atoms with van der Waals surface area (Å²) in [6, 6.07) is 2.79. The Morgan fingerprint density at radius 2 is 1.71 bits per heavy atom. The van der Waals surface area contributed by atoms with Crippen molar-refractivity contribution in [3.8, 4) is 11.5 Å². The molecule has 2 N–H and O–H groups in total. The van der Waals surface area contributed by atoms with Crippen molar-refractivity contribution in [3.05, 3.63) is 76.5 Å². The molecule has 2 unspecified atom stereocenters. The van der Waals surface area contributed by atoms with Crippen molar-refractivity contribution in [2.45, 2.75) is 37.8 Å². The van der Waals surface area contributed by atoms with E-state index in [2.05, 4.69) is 25.6 Å². The number of hydrogen-bond acceptors (Lipinski definition) is 7.